The van der Waals surface area contributed by atoms with E-state index in [1.165, 1.54) is 6.07 Å². The maximum atomic E-state index is 12.8. The van der Waals surface area contributed by atoms with Gasteiger partial charge in [-0.05, 0) is 44.6 Å². The number of nitriles is 1. The van der Waals surface area contributed by atoms with Crippen LogP contribution in [-0.2, 0) is 4.79 Å². The van der Waals surface area contributed by atoms with Crippen molar-refractivity contribution >= 4 is 11.8 Å². The average Bonchev–Trinajstić information content (AvgIpc) is 3.05. The van der Waals surface area contributed by atoms with Gasteiger partial charge in [0.05, 0.1) is 5.56 Å². The van der Waals surface area contributed by atoms with Gasteiger partial charge in [-0.3, -0.25) is 14.4 Å². The van der Waals surface area contributed by atoms with Crippen molar-refractivity contribution in [1.29, 1.82) is 5.26 Å². The van der Waals surface area contributed by atoms with Crippen LogP contribution in [0.1, 0.15) is 53.7 Å². The summed E-state index contributed by atoms with van der Waals surface area (Å²) in [4.78, 5) is 42.4. The highest BCUT2D eigenvalue weighted by Gasteiger charge is 2.27. The van der Waals surface area contributed by atoms with Crippen LogP contribution in [0.25, 0.3) is 0 Å². The molecule has 2 amide bonds. The van der Waals surface area contributed by atoms with E-state index in [1.54, 1.807) is 11.8 Å². The van der Waals surface area contributed by atoms with Crippen LogP contribution in [0, 0.1) is 24.2 Å². The molecule has 0 bridgehead atoms. The molecular formula is C19H24N4O3. The first-order chi connectivity index (χ1) is 12.5. The predicted molar refractivity (Wildman–Crippen MR) is 95.6 cm³/mol. The Labute approximate surface area is 152 Å². The first-order valence-electron chi connectivity index (χ1n) is 9.20. The second kappa shape index (κ2) is 7.73. The number of H-pyrrole nitrogens is 1. The Kier molecular flexibility index (Phi) is 5.40. The molecule has 0 saturated carbocycles. The summed E-state index contributed by atoms with van der Waals surface area (Å²) >= 11 is 0. The molecule has 0 radical (unpaired) electrons. The fourth-order valence-electron chi connectivity index (χ4n) is 3.80. The molecule has 3 heterocycles. The van der Waals surface area contributed by atoms with Gasteiger partial charge in [-0.1, -0.05) is 0 Å². The molecule has 1 aromatic heterocycles. The third kappa shape index (κ3) is 3.79. The van der Waals surface area contributed by atoms with Crippen molar-refractivity contribution in [2.45, 2.75) is 39.0 Å². The number of likely N-dealkylation sites (tertiary alicyclic amines) is 2. The number of carbonyl (C=O) groups excluding carboxylic acids is 2. The second-order valence-corrected chi connectivity index (χ2v) is 7.17. The number of piperidine rings is 1. The van der Waals surface area contributed by atoms with Crippen LogP contribution in [0.5, 0.6) is 0 Å². The average molecular weight is 356 g/mol. The van der Waals surface area contributed by atoms with E-state index in [0.717, 1.165) is 38.8 Å². The minimum atomic E-state index is -0.461. The van der Waals surface area contributed by atoms with Crippen molar-refractivity contribution in [3.8, 4) is 6.07 Å². The lowest BCUT2D eigenvalue weighted by Crippen LogP contribution is -2.40. The lowest BCUT2D eigenvalue weighted by Gasteiger charge is -2.33. The van der Waals surface area contributed by atoms with Crippen LogP contribution in [0.4, 0.5) is 0 Å². The Hall–Kier alpha value is -2.62. The van der Waals surface area contributed by atoms with Crippen LogP contribution in [0.15, 0.2) is 10.9 Å². The monoisotopic (exact) mass is 356 g/mol. The van der Waals surface area contributed by atoms with Crippen molar-refractivity contribution < 1.29 is 9.59 Å². The lowest BCUT2D eigenvalue weighted by molar-refractivity contribution is -0.127. The van der Waals surface area contributed by atoms with E-state index < -0.39 is 5.56 Å². The number of aromatic nitrogens is 1. The highest BCUT2D eigenvalue weighted by molar-refractivity contribution is 5.95. The standard InChI is InChI=1S/C19H24N4O3/c1-13-16(11-15(12-20)18(25)21-13)19(26)23-9-5-14(6-10-23)4-8-22-7-2-3-17(22)24/h11,14H,2-10H2,1H3,(H,21,25). The molecule has 2 fully saturated rings. The summed E-state index contributed by atoms with van der Waals surface area (Å²) in [6, 6.07) is 3.22. The van der Waals surface area contributed by atoms with Gasteiger partial charge in [0.1, 0.15) is 11.6 Å². The summed E-state index contributed by atoms with van der Waals surface area (Å²) in [5, 5.41) is 9.01. The number of hydrogen-bond donors (Lipinski definition) is 1. The fraction of sp³-hybridized carbons (Fsp3) is 0.579. The van der Waals surface area contributed by atoms with Gasteiger partial charge in [0.2, 0.25) is 5.91 Å². The molecule has 1 aromatic rings. The normalized spacial score (nSPS) is 18.2. The minimum Gasteiger partial charge on any atom is -0.343 e. The van der Waals surface area contributed by atoms with Gasteiger partial charge in [0, 0.05) is 38.3 Å². The van der Waals surface area contributed by atoms with Crippen molar-refractivity contribution in [3.05, 3.63) is 33.2 Å². The number of hydrogen-bond acceptors (Lipinski definition) is 4. The minimum absolute atomic E-state index is 0.0379. The van der Waals surface area contributed by atoms with E-state index in [2.05, 4.69) is 4.98 Å². The molecular weight excluding hydrogens is 332 g/mol. The molecule has 0 aromatic carbocycles. The zero-order chi connectivity index (χ0) is 18.7. The molecule has 2 aliphatic rings. The molecule has 2 aliphatic heterocycles. The highest BCUT2D eigenvalue weighted by Crippen LogP contribution is 2.23. The van der Waals surface area contributed by atoms with Crippen molar-refractivity contribution in [3.63, 3.8) is 0 Å². The SMILES string of the molecule is Cc1[nH]c(=O)c(C#N)cc1C(=O)N1CCC(CCN2CCCC2=O)CC1. The summed E-state index contributed by atoms with van der Waals surface area (Å²) in [6.45, 7) is 4.70. The Morgan fingerprint density at radius 3 is 2.65 bits per heavy atom. The van der Waals surface area contributed by atoms with Gasteiger partial charge in [-0.15, -0.1) is 0 Å². The maximum Gasteiger partial charge on any atom is 0.266 e. The lowest BCUT2D eigenvalue weighted by atomic mass is 9.93. The molecule has 0 atom stereocenters. The summed E-state index contributed by atoms with van der Waals surface area (Å²) in [6.07, 6.45) is 4.47. The molecule has 7 heteroatoms. The van der Waals surface area contributed by atoms with Crippen LogP contribution in [-0.4, -0.2) is 52.8 Å². The van der Waals surface area contributed by atoms with Gasteiger partial charge in [0.15, 0.2) is 0 Å². The van der Waals surface area contributed by atoms with E-state index in [-0.39, 0.29) is 17.4 Å². The zero-order valence-electron chi connectivity index (χ0n) is 15.1. The van der Waals surface area contributed by atoms with Gasteiger partial charge < -0.3 is 14.8 Å². The summed E-state index contributed by atoms with van der Waals surface area (Å²) in [7, 11) is 0. The Balaban J connectivity index is 1.56. The smallest absolute Gasteiger partial charge is 0.266 e. The first kappa shape index (κ1) is 18.2. The summed E-state index contributed by atoms with van der Waals surface area (Å²) in [5.41, 5.74) is 0.386. The van der Waals surface area contributed by atoms with E-state index >= 15 is 0 Å². The van der Waals surface area contributed by atoms with Gasteiger partial charge in [0.25, 0.3) is 11.5 Å². The zero-order valence-corrected chi connectivity index (χ0v) is 15.1. The van der Waals surface area contributed by atoms with E-state index in [9.17, 15) is 14.4 Å². The Bertz CT molecular complexity index is 800. The van der Waals surface area contributed by atoms with Crippen LogP contribution in [0.2, 0.25) is 0 Å². The number of aromatic amines is 1. The summed E-state index contributed by atoms with van der Waals surface area (Å²) < 4.78 is 0. The van der Waals surface area contributed by atoms with Gasteiger partial charge >= 0.3 is 0 Å². The molecule has 3 rings (SSSR count). The number of rotatable bonds is 4. The van der Waals surface area contributed by atoms with E-state index in [1.807, 2.05) is 11.0 Å². The number of pyridine rings is 1. The predicted octanol–water partition coefficient (Wildman–Crippen LogP) is 1.42. The van der Waals surface area contributed by atoms with Gasteiger partial charge in [-0.2, -0.15) is 5.26 Å². The third-order valence-corrected chi connectivity index (χ3v) is 5.47. The summed E-state index contributed by atoms with van der Waals surface area (Å²) in [5.74, 6) is 0.654. The van der Waals surface area contributed by atoms with Crippen molar-refractivity contribution in [2.75, 3.05) is 26.2 Å². The van der Waals surface area contributed by atoms with Crippen LogP contribution >= 0.6 is 0 Å². The molecule has 0 aliphatic carbocycles. The Morgan fingerprint density at radius 2 is 2.04 bits per heavy atom. The Morgan fingerprint density at radius 1 is 1.31 bits per heavy atom. The number of amides is 2. The first-order valence-corrected chi connectivity index (χ1v) is 9.20. The highest BCUT2D eigenvalue weighted by atomic mass is 16.2. The van der Waals surface area contributed by atoms with Crippen LogP contribution in [0.3, 0.4) is 0 Å². The molecule has 138 valence electrons. The number of nitrogens with one attached hydrogen (secondary N) is 1. The molecule has 7 nitrogen and oxygen atoms in total. The largest absolute Gasteiger partial charge is 0.343 e. The van der Waals surface area contributed by atoms with E-state index in [0.29, 0.717) is 36.7 Å². The number of carbonyl (C=O) groups is 2. The number of nitrogens with zero attached hydrogens (tertiary/aromatic N) is 3. The quantitative estimate of drug-likeness (QED) is 0.882. The molecule has 26 heavy (non-hydrogen) atoms. The molecule has 2 saturated heterocycles. The van der Waals surface area contributed by atoms with E-state index in [4.69, 9.17) is 5.26 Å². The van der Waals surface area contributed by atoms with Crippen molar-refractivity contribution in [2.24, 2.45) is 5.92 Å². The number of aryl methyl sites for hydroxylation is 1. The maximum absolute atomic E-state index is 12.8. The fourth-order valence-corrected chi connectivity index (χ4v) is 3.80. The molecule has 0 unspecified atom stereocenters. The van der Waals surface area contributed by atoms with Crippen LogP contribution < -0.4 is 5.56 Å². The van der Waals surface area contributed by atoms with Gasteiger partial charge in [-0.25, -0.2) is 0 Å². The second-order valence-electron chi connectivity index (χ2n) is 7.17. The third-order valence-electron chi connectivity index (χ3n) is 5.47. The molecule has 0 spiro atoms. The topological polar surface area (TPSA) is 97.3 Å². The van der Waals surface area contributed by atoms with Crippen molar-refractivity contribution in [1.82, 2.24) is 14.8 Å². The molecule has 1 N–H and O–H groups in total.